The minimum absolute atomic E-state index is 0.101. The summed E-state index contributed by atoms with van der Waals surface area (Å²) >= 11 is 0. The second kappa shape index (κ2) is 7.63. The normalized spacial score (nSPS) is 10.5. The van der Waals surface area contributed by atoms with E-state index in [1.165, 1.54) is 0 Å². The molecule has 5 heteroatoms. The Hall–Kier alpha value is -1.75. The molecule has 0 radical (unpaired) electrons. The molecule has 1 rings (SSSR count). The summed E-state index contributed by atoms with van der Waals surface area (Å²) in [7, 11) is 5.75. The van der Waals surface area contributed by atoms with Crippen LogP contribution in [-0.4, -0.2) is 45.0 Å². The number of anilines is 2. The molecule has 4 N–H and O–H groups in total. The van der Waals surface area contributed by atoms with Gasteiger partial charge in [0.05, 0.1) is 11.4 Å². The van der Waals surface area contributed by atoms with Gasteiger partial charge in [0.25, 0.3) is 5.91 Å². The molecule has 0 atom stereocenters. The first-order valence-corrected chi connectivity index (χ1v) is 6.55. The van der Waals surface area contributed by atoms with E-state index in [-0.39, 0.29) is 5.91 Å². The number of carbonyl (C=O) groups is 1. The maximum Gasteiger partial charge on any atom is 0.251 e. The highest BCUT2D eigenvalue weighted by Gasteiger charge is 2.06. The number of nitrogens with one attached hydrogen (secondary N) is 2. The molecule has 0 aliphatic rings. The molecule has 0 fully saturated rings. The zero-order valence-electron chi connectivity index (χ0n) is 12.0. The fourth-order valence-electron chi connectivity index (χ4n) is 1.77. The number of amides is 1. The number of hydrogen-bond acceptors (Lipinski definition) is 4. The first-order valence-electron chi connectivity index (χ1n) is 6.55. The number of hydrogen-bond donors (Lipinski definition) is 3. The SMILES string of the molecule is CNC(=O)c1ccc(N)c(NCCCCN(C)C)c1. The van der Waals surface area contributed by atoms with Gasteiger partial charge in [-0.3, -0.25) is 4.79 Å². The summed E-state index contributed by atoms with van der Waals surface area (Å²) in [5.41, 5.74) is 8.00. The van der Waals surface area contributed by atoms with Crippen molar-refractivity contribution in [2.75, 3.05) is 45.3 Å². The number of rotatable bonds is 7. The van der Waals surface area contributed by atoms with Crippen molar-refractivity contribution in [1.29, 1.82) is 0 Å². The van der Waals surface area contributed by atoms with Gasteiger partial charge < -0.3 is 21.3 Å². The van der Waals surface area contributed by atoms with E-state index >= 15 is 0 Å². The Balaban J connectivity index is 2.50. The summed E-state index contributed by atoms with van der Waals surface area (Å²) in [4.78, 5) is 13.7. The number of nitrogens with zero attached hydrogens (tertiary/aromatic N) is 1. The van der Waals surface area contributed by atoms with Crippen LogP contribution in [0.15, 0.2) is 18.2 Å². The molecule has 0 spiro atoms. The average Bonchev–Trinajstić information content (AvgIpc) is 2.39. The lowest BCUT2D eigenvalue weighted by molar-refractivity contribution is 0.0963. The molecule has 0 aliphatic carbocycles. The van der Waals surface area contributed by atoms with Crippen LogP contribution in [0.1, 0.15) is 23.2 Å². The molecule has 5 nitrogen and oxygen atoms in total. The molecule has 106 valence electrons. The summed E-state index contributed by atoms with van der Waals surface area (Å²) in [6, 6.07) is 5.28. The summed E-state index contributed by atoms with van der Waals surface area (Å²) in [6.07, 6.45) is 2.21. The van der Waals surface area contributed by atoms with E-state index in [9.17, 15) is 4.79 Å². The summed E-state index contributed by atoms with van der Waals surface area (Å²) in [5.74, 6) is -0.101. The number of unbranched alkanes of at least 4 members (excludes halogenated alkanes) is 1. The van der Waals surface area contributed by atoms with Gasteiger partial charge >= 0.3 is 0 Å². The number of carbonyl (C=O) groups excluding carboxylic acids is 1. The van der Waals surface area contributed by atoms with E-state index < -0.39 is 0 Å². The van der Waals surface area contributed by atoms with E-state index in [2.05, 4.69) is 29.6 Å². The quantitative estimate of drug-likeness (QED) is 0.514. The van der Waals surface area contributed by atoms with Crippen molar-refractivity contribution < 1.29 is 4.79 Å². The standard InChI is InChI=1S/C14H24N4O/c1-16-14(19)11-6-7-12(15)13(10-11)17-8-4-5-9-18(2)3/h6-7,10,17H,4-5,8-9,15H2,1-3H3,(H,16,19). The lowest BCUT2D eigenvalue weighted by Crippen LogP contribution is -2.18. The van der Waals surface area contributed by atoms with Crippen LogP contribution in [-0.2, 0) is 0 Å². The summed E-state index contributed by atoms with van der Waals surface area (Å²) < 4.78 is 0. The van der Waals surface area contributed by atoms with Gasteiger partial charge in [0, 0.05) is 19.2 Å². The zero-order valence-corrected chi connectivity index (χ0v) is 12.0. The second-order valence-corrected chi connectivity index (χ2v) is 4.82. The molecule has 0 saturated carbocycles. The van der Waals surface area contributed by atoms with Gasteiger partial charge in [-0.1, -0.05) is 0 Å². The van der Waals surface area contributed by atoms with Crippen LogP contribution in [0.25, 0.3) is 0 Å². The minimum atomic E-state index is -0.101. The van der Waals surface area contributed by atoms with Crippen molar-refractivity contribution in [1.82, 2.24) is 10.2 Å². The molecule has 1 aromatic rings. The number of nitrogen functional groups attached to an aromatic ring is 1. The summed E-state index contributed by atoms with van der Waals surface area (Å²) in [5, 5.41) is 5.89. The van der Waals surface area contributed by atoms with Crippen molar-refractivity contribution in [2.45, 2.75) is 12.8 Å². The maximum absolute atomic E-state index is 11.5. The Kier molecular flexibility index (Phi) is 6.15. The monoisotopic (exact) mass is 264 g/mol. The van der Waals surface area contributed by atoms with E-state index in [1.54, 1.807) is 25.2 Å². The third kappa shape index (κ3) is 5.18. The van der Waals surface area contributed by atoms with Gasteiger partial charge in [0.1, 0.15) is 0 Å². The molecule has 0 saturated heterocycles. The molecule has 0 unspecified atom stereocenters. The van der Waals surface area contributed by atoms with Crippen molar-refractivity contribution >= 4 is 17.3 Å². The third-order valence-electron chi connectivity index (χ3n) is 2.89. The second-order valence-electron chi connectivity index (χ2n) is 4.82. The zero-order chi connectivity index (χ0) is 14.3. The average molecular weight is 264 g/mol. The Morgan fingerprint density at radius 1 is 1.32 bits per heavy atom. The van der Waals surface area contributed by atoms with Crippen molar-refractivity contribution in [3.05, 3.63) is 23.8 Å². The molecular formula is C14H24N4O. The molecule has 1 aromatic carbocycles. The largest absolute Gasteiger partial charge is 0.397 e. The Morgan fingerprint density at radius 3 is 2.68 bits per heavy atom. The van der Waals surface area contributed by atoms with Crippen LogP contribution in [0, 0.1) is 0 Å². The van der Waals surface area contributed by atoms with Gasteiger partial charge in [-0.2, -0.15) is 0 Å². The highest BCUT2D eigenvalue weighted by Crippen LogP contribution is 2.20. The van der Waals surface area contributed by atoms with E-state index in [4.69, 9.17) is 5.73 Å². The number of nitrogens with two attached hydrogens (primary N) is 1. The van der Waals surface area contributed by atoms with E-state index in [1.807, 2.05) is 0 Å². The summed E-state index contributed by atoms with van der Waals surface area (Å²) in [6.45, 7) is 1.94. The molecular weight excluding hydrogens is 240 g/mol. The van der Waals surface area contributed by atoms with Crippen LogP contribution in [0.3, 0.4) is 0 Å². The van der Waals surface area contributed by atoms with Crippen LogP contribution in [0.2, 0.25) is 0 Å². The fourth-order valence-corrected chi connectivity index (χ4v) is 1.77. The molecule has 0 aromatic heterocycles. The first kappa shape index (κ1) is 15.3. The molecule has 0 bridgehead atoms. The van der Waals surface area contributed by atoms with Crippen molar-refractivity contribution in [3.63, 3.8) is 0 Å². The van der Waals surface area contributed by atoms with Gasteiger partial charge in [0.2, 0.25) is 0 Å². The minimum Gasteiger partial charge on any atom is -0.397 e. The highest BCUT2D eigenvalue weighted by atomic mass is 16.1. The van der Waals surface area contributed by atoms with Crippen LogP contribution >= 0.6 is 0 Å². The Bertz CT molecular complexity index is 418. The van der Waals surface area contributed by atoms with E-state index in [0.717, 1.165) is 31.6 Å². The Labute approximate surface area is 115 Å². The van der Waals surface area contributed by atoms with Crippen molar-refractivity contribution in [3.8, 4) is 0 Å². The van der Waals surface area contributed by atoms with Crippen LogP contribution in [0.5, 0.6) is 0 Å². The lowest BCUT2D eigenvalue weighted by atomic mass is 10.1. The number of benzene rings is 1. The van der Waals surface area contributed by atoms with Gasteiger partial charge in [-0.25, -0.2) is 0 Å². The smallest absolute Gasteiger partial charge is 0.251 e. The molecule has 0 aliphatic heterocycles. The maximum atomic E-state index is 11.5. The Morgan fingerprint density at radius 2 is 2.05 bits per heavy atom. The predicted octanol–water partition coefficient (Wildman–Crippen LogP) is 1.38. The lowest BCUT2D eigenvalue weighted by Gasteiger charge is -2.12. The third-order valence-corrected chi connectivity index (χ3v) is 2.89. The molecule has 1 amide bonds. The predicted molar refractivity (Wildman–Crippen MR) is 80.5 cm³/mol. The first-order chi connectivity index (χ1) is 9.04. The molecule has 19 heavy (non-hydrogen) atoms. The fraction of sp³-hybridized carbons (Fsp3) is 0.500. The molecule has 0 heterocycles. The van der Waals surface area contributed by atoms with Crippen LogP contribution < -0.4 is 16.4 Å². The van der Waals surface area contributed by atoms with Gasteiger partial charge in [0.15, 0.2) is 0 Å². The van der Waals surface area contributed by atoms with Gasteiger partial charge in [-0.05, 0) is 51.7 Å². The van der Waals surface area contributed by atoms with Gasteiger partial charge in [-0.15, -0.1) is 0 Å². The van der Waals surface area contributed by atoms with E-state index in [0.29, 0.717) is 11.3 Å². The highest BCUT2D eigenvalue weighted by molar-refractivity contribution is 5.96. The topological polar surface area (TPSA) is 70.4 Å². The van der Waals surface area contributed by atoms with Crippen LogP contribution in [0.4, 0.5) is 11.4 Å². The van der Waals surface area contributed by atoms with Crippen molar-refractivity contribution in [2.24, 2.45) is 0 Å².